The normalized spacial score (nSPS) is 28.3. The Morgan fingerprint density at radius 2 is 2.24 bits per heavy atom. The van der Waals surface area contributed by atoms with E-state index >= 15 is 0 Å². The molecule has 1 spiro atoms. The molecule has 1 saturated heterocycles. The van der Waals surface area contributed by atoms with Gasteiger partial charge in [-0.1, -0.05) is 0 Å². The number of hydrogen-bond donors (Lipinski definition) is 0. The van der Waals surface area contributed by atoms with Crippen LogP contribution in [0.5, 0.6) is 0 Å². The first-order valence-corrected chi connectivity index (χ1v) is 6.21. The molecule has 4 nitrogen and oxygen atoms in total. The van der Waals surface area contributed by atoms with Crippen LogP contribution in [0.25, 0.3) is 0 Å². The molecular formula is C13H21NO3. The lowest BCUT2D eigenvalue weighted by atomic mass is 9.91. The lowest BCUT2D eigenvalue weighted by Crippen LogP contribution is -2.51. The van der Waals surface area contributed by atoms with Crippen molar-refractivity contribution in [1.82, 2.24) is 4.90 Å². The van der Waals surface area contributed by atoms with E-state index in [4.69, 9.17) is 9.47 Å². The van der Waals surface area contributed by atoms with Gasteiger partial charge in [-0.15, -0.1) is 0 Å². The van der Waals surface area contributed by atoms with Crippen molar-refractivity contribution >= 4 is 6.09 Å². The second-order valence-electron chi connectivity index (χ2n) is 5.88. The summed E-state index contributed by atoms with van der Waals surface area (Å²) in [6, 6.07) is 0. The Bertz CT molecular complexity index is 322. The molecule has 0 aromatic rings. The highest BCUT2D eigenvalue weighted by Crippen LogP contribution is 2.33. The minimum Gasteiger partial charge on any atom is -0.493 e. The Balaban J connectivity index is 1.95. The molecule has 0 bridgehead atoms. The first-order chi connectivity index (χ1) is 7.90. The summed E-state index contributed by atoms with van der Waals surface area (Å²) < 4.78 is 11.1. The van der Waals surface area contributed by atoms with Crippen LogP contribution in [-0.2, 0) is 9.47 Å². The SMILES string of the molecule is CC(C)(C)OC(=O)N1CCCC2(CC=CO2)C1. The highest BCUT2D eigenvalue weighted by Gasteiger charge is 2.40. The van der Waals surface area contributed by atoms with E-state index in [1.165, 1.54) is 0 Å². The highest BCUT2D eigenvalue weighted by atomic mass is 16.6. The van der Waals surface area contributed by atoms with Gasteiger partial charge < -0.3 is 14.4 Å². The van der Waals surface area contributed by atoms with Gasteiger partial charge >= 0.3 is 6.09 Å². The van der Waals surface area contributed by atoms with Crippen LogP contribution in [0.15, 0.2) is 12.3 Å². The van der Waals surface area contributed by atoms with E-state index in [9.17, 15) is 4.79 Å². The van der Waals surface area contributed by atoms with Crippen LogP contribution in [0.3, 0.4) is 0 Å². The van der Waals surface area contributed by atoms with E-state index in [1.807, 2.05) is 26.8 Å². The van der Waals surface area contributed by atoms with Crippen molar-refractivity contribution in [3.05, 3.63) is 12.3 Å². The van der Waals surface area contributed by atoms with Crippen LogP contribution in [0, 0.1) is 0 Å². The number of carbonyl (C=O) groups is 1. The van der Waals surface area contributed by atoms with E-state index in [1.54, 1.807) is 11.2 Å². The third-order valence-electron chi connectivity index (χ3n) is 3.10. The van der Waals surface area contributed by atoms with Crippen LogP contribution in [-0.4, -0.2) is 35.3 Å². The van der Waals surface area contributed by atoms with E-state index in [0.717, 1.165) is 25.8 Å². The summed E-state index contributed by atoms with van der Waals surface area (Å²) in [5.74, 6) is 0. The number of rotatable bonds is 0. The summed E-state index contributed by atoms with van der Waals surface area (Å²) in [5, 5.41) is 0. The van der Waals surface area contributed by atoms with Gasteiger partial charge in [-0.3, -0.25) is 0 Å². The Hall–Kier alpha value is -1.19. The highest BCUT2D eigenvalue weighted by molar-refractivity contribution is 5.68. The number of hydrogen-bond acceptors (Lipinski definition) is 3. The molecule has 0 N–H and O–H groups in total. The van der Waals surface area contributed by atoms with Gasteiger partial charge in [0.05, 0.1) is 12.8 Å². The largest absolute Gasteiger partial charge is 0.493 e. The van der Waals surface area contributed by atoms with Crippen LogP contribution >= 0.6 is 0 Å². The third-order valence-corrected chi connectivity index (χ3v) is 3.10. The first kappa shape index (κ1) is 12.3. The third kappa shape index (κ3) is 2.93. The predicted octanol–water partition coefficient (Wildman–Crippen LogP) is 2.69. The number of carbonyl (C=O) groups excluding carboxylic acids is 1. The van der Waals surface area contributed by atoms with Gasteiger partial charge in [0, 0.05) is 13.0 Å². The summed E-state index contributed by atoms with van der Waals surface area (Å²) in [4.78, 5) is 13.7. The lowest BCUT2D eigenvalue weighted by molar-refractivity contribution is -0.0384. The molecule has 2 heterocycles. The van der Waals surface area contributed by atoms with Crippen molar-refractivity contribution in [2.75, 3.05) is 13.1 Å². The summed E-state index contributed by atoms with van der Waals surface area (Å²) >= 11 is 0. The summed E-state index contributed by atoms with van der Waals surface area (Å²) in [6.07, 6.45) is 6.43. The number of ether oxygens (including phenoxy) is 2. The minimum absolute atomic E-state index is 0.185. The maximum atomic E-state index is 12.0. The van der Waals surface area contributed by atoms with Crippen LogP contribution in [0.1, 0.15) is 40.0 Å². The number of nitrogens with zero attached hydrogens (tertiary/aromatic N) is 1. The van der Waals surface area contributed by atoms with Crippen LogP contribution in [0.2, 0.25) is 0 Å². The van der Waals surface area contributed by atoms with Crippen LogP contribution in [0.4, 0.5) is 4.79 Å². The molecule has 0 radical (unpaired) electrons. The molecule has 17 heavy (non-hydrogen) atoms. The monoisotopic (exact) mass is 239 g/mol. The van der Waals surface area contributed by atoms with Crippen molar-refractivity contribution in [2.24, 2.45) is 0 Å². The lowest BCUT2D eigenvalue weighted by Gasteiger charge is -2.39. The molecule has 0 saturated carbocycles. The zero-order valence-corrected chi connectivity index (χ0v) is 10.9. The van der Waals surface area contributed by atoms with E-state index in [0.29, 0.717) is 6.54 Å². The molecule has 2 aliphatic heterocycles. The maximum Gasteiger partial charge on any atom is 0.410 e. The molecule has 1 fully saturated rings. The average Bonchev–Trinajstić information content (AvgIpc) is 2.64. The topological polar surface area (TPSA) is 38.8 Å². The van der Waals surface area contributed by atoms with Gasteiger partial charge in [0.2, 0.25) is 0 Å². The fraction of sp³-hybridized carbons (Fsp3) is 0.769. The number of amides is 1. The van der Waals surface area contributed by atoms with Crippen LogP contribution < -0.4 is 0 Å². The average molecular weight is 239 g/mol. The van der Waals surface area contributed by atoms with Gasteiger partial charge in [0.15, 0.2) is 0 Å². The Labute approximate surface area is 103 Å². The Morgan fingerprint density at radius 1 is 1.47 bits per heavy atom. The summed E-state index contributed by atoms with van der Waals surface area (Å²) in [6.45, 7) is 7.06. The predicted molar refractivity (Wildman–Crippen MR) is 64.6 cm³/mol. The summed E-state index contributed by atoms with van der Waals surface area (Å²) in [5.41, 5.74) is -0.619. The molecule has 1 amide bonds. The summed E-state index contributed by atoms with van der Waals surface area (Å²) in [7, 11) is 0. The molecular weight excluding hydrogens is 218 g/mol. The van der Waals surface area contributed by atoms with E-state index in [2.05, 4.69) is 0 Å². The fourth-order valence-electron chi connectivity index (χ4n) is 2.35. The molecule has 0 aromatic carbocycles. The van der Waals surface area contributed by atoms with Gasteiger partial charge in [-0.2, -0.15) is 0 Å². The van der Waals surface area contributed by atoms with Crippen molar-refractivity contribution in [1.29, 1.82) is 0 Å². The van der Waals surface area contributed by atoms with Gasteiger partial charge in [0.25, 0.3) is 0 Å². The Kier molecular flexibility index (Phi) is 3.06. The quantitative estimate of drug-likeness (QED) is 0.652. The van der Waals surface area contributed by atoms with E-state index in [-0.39, 0.29) is 11.7 Å². The Morgan fingerprint density at radius 3 is 2.82 bits per heavy atom. The van der Waals surface area contributed by atoms with Crippen molar-refractivity contribution in [3.8, 4) is 0 Å². The standard InChI is InChI=1S/C13H21NO3/c1-12(2,3)17-11(15)14-8-4-6-13(10-14)7-5-9-16-13/h5,9H,4,6-8,10H2,1-3H3. The van der Waals surface area contributed by atoms with Crippen molar-refractivity contribution in [2.45, 2.75) is 51.2 Å². The first-order valence-electron chi connectivity index (χ1n) is 6.21. The molecule has 2 rings (SSSR count). The molecule has 96 valence electrons. The molecule has 2 aliphatic rings. The molecule has 1 unspecified atom stereocenters. The van der Waals surface area contributed by atoms with Gasteiger partial charge in [-0.25, -0.2) is 4.79 Å². The minimum atomic E-state index is -0.434. The molecule has 1 atom stereocenters. The molecule has 0 aromatic heterocycles. The molecule has 0 aliphatic carbocycles. The van der Waals surface area contributed by atoms with Gasteiger partial charge in [-0.05, 0) is 39.7 Å². The van der Waals surface area contributed by atoms with E-state index < -0.39 is 5.60 Å². The van der Waals surface area contributed by atoms with Gasteiger partial charge in [0.1, 0.15) is 11.2 Å². The zero-order chi connectivity index (χ0) is 12.5. The second kappa shape index (κ2) is 4.24. The van der Waals surface area contributed by atoms with Crippen molar-refractivity contribution in [3.63, 3.8) is 0 Å². The maximum absolute atomic E-state index is 12.0. The number of piperidine rings is 1. The smallest absolute Gasteiger partial charge is 0.410 e. The molecule has 4 heteroatoms. The zero-order valence-electron chi connectivity index (χ0n) is 10.9. The van der Waals surface area contributed by atoms with Crippen molar-refractivity contribution < 1.29 is 14.3 Å². The fourth-order valence-corrected chi connectivity index (χ4v) is 2.35. The number of likely N-dealkylation sites (tertiary alicyclic amines) is 1. The second-order valence-corrected chi connectivity index (χ2v) is 5.88.